The van der Waals surface area contributed by atoms with Crippen LogP contribution in [0.25, 0.3) is 5.57 Å². The number of methoxy groups -OCH3 is 2. The Morgan fingerprint density at radius 3 is 2.63 bits per heavy atom. The number of piperidine rings is 1. The molecule has 0 aliphatic carbocycles. The fourth-order valence-corrected chi connectivity index (χ4v) is 3.56. The third-order valence-corrected chi connectivity index (χ3v) is 5.08. The predicted octanol–water partition coefficient (Wildman–Crippen LogP) is 4.59. The van der Waals surface area contributed by atoms with Crippen molar-refractivity contribution in [1.29, 1.82) is 0 Å². The lowest BCUT2D eigenvalue weighted by Gasteiger charge is -2.31. The first-order chi connectivity index (χ1) is 13.2. The van der Waals surface area contributed by atoms with Crippen molar-refractivity contribution in [3.63, 3.8) is 0 Å². The Morgan fingerprint density at radius 1 is 1.11 bits per heavy atom. The molecule has 3 rings (SSSR count). The van der Waals surface area contributed by atoms with Gasteiger partial charge in [0.25, 0.3) is 0 Å². The smallest absolute Gasteiger partial charge is 0.188 e. The second-order valence-corrected chi connectivity index (χ2v) is 6.90. The van der Waals surface area contributed by atoms with E-state index in [4.69, 9.17) is 14.2 Å². The zero-order valence-corrected chi connectivity index (χ0v) is 16.5. The van der Waals surface area contributed by atoms with E-state index < -0.39 is 0 Å². The van der Waals surface area contributed by atoms with Crippen LogP contribution < -0.4 is 9.47 Å². The summed E-state index contributed by atoms with van der Waals surface area (Å²) in [6.45, 7) is 1.35. The van der Waals surface area contributed by atoms with Gasteiger partial charge in [0, 0.05) is 18.7 Å². The Hall–Kier alpha value is -2.30. The third-order valence-electron chi connectivity index (χ3n) is 5.08. The highest BCUT2D eigenvalue weighted by atomic mass is 16.7. The summed E-state index contributed by atoms with van der Waals surface area (Å²) in [5.41, 5.74) is 3.36. The zero-order valence-electron chi connectivity index (χ0n) is 16.5. The van der Waals surface area contributed by atoms with Crippen LogP contribution in [-0.2, 0) is 4.74 Å². The average molecular weight is 367 g/mol. The van der Waals surface area contributed by atoms with Crippen molar-refractivity contribution in [2.45, 2.75) is 25.3 Å². The summed E-state index contributed by atoms with van der Waals surface area (Å²) in [5, 5.41) is 0. The molecule has 1 aliphatic rings. The molecule has 27 heavy (non-hydrogen) atoms. The molecule has 0 bridgehead atoms. The van der Waals surface area contributed by atoms with E-state index in [-0.39, 0.29) is 6.79 Å². The lowest BCUT2D eigenvalue weighted by atomic mass is 9.92. The van der Waals surface area contributed by atoms with Crippen LogP contribution in [0.15, 0.2) is 54.6 Å². The van der Waals surface area contributed by atoms with Crippen molar-refractivity contribution >= 4 is 5.57 Å². The molecule has 0 spiro atoms. The van der Waals surface area contributed by atoms with Crippen LogP contribution in [0.1, 0.15) is 30.4 Å². The van der Waals surface area contributed by atoms with Gasteiger partial charge in [-0.25, -0.2) is 0 Å². The predicted molar refractivity (Wildman–Crippen MR) is 109 cm³/mol. The molecule has 1 saturated heterocycles. The summed E-state index contributed by atoms with van der Waals surface area (Å²) in [5.74, 6) is 1.61. The number of hydrogen-bond donors (Lipinski definition) is 0. The Labute approximate surface area is 162 Å². The van der Waals surface area contributed by atoms with E-state index in [0.717, 1.165) is 23.6 Å². The number of likely N-dealkylation sites (tertiary alicyclic amines) is 1. The summed E-state index contributed by atoms with van der Waals surface area (Å²) in [4.78, 5) is 2.43. The molecule has 1 heterocycles. The van der Waals surface area contributed by atoms with Crippen molar-refractivity contribution in [2.24, 2.45) is 0 Å². The first-order valence-corrected chi connectivity index (χ1v) is 9.50. The Balaban J connectivity index is 2.09. The highest BCUT2D eigenvalue weighted by molar-refractivity contribution is 5.83. The maximum atomic E-state index is 5.87. The minimum Gasteiger partial charge on any atom is -0.497 e. The highest BCUT2D eigenvalue weighted by Crippen LogP contribution is 2.35. The molecular weight excluding hydrogens is 338 g/mol. The number of rotatable bonds is 7. The molecule has 1 fully saturated rings. The zero-order chi connectivity index (χ0) is 19.1. The largest absolute Gasteiger partial charge is 0.497 e. The number of benzene rings is 2. The van der Waals surface area contributed by atoms with Gasteiger partial charge in [-0.1, -0.05) is 42.8 Å². The first kappa shape index (κ1) is 19.5. The molecule has 0 radical (unpaired) electrons. The van der Waals surface area contributed by atoms with Gasteiger partial charge in [-0.15, -0.1) is 0 Å². The van der Waals surface area contributed by atoms with Gasteiger partial charge < -0.3 is 14.2 Å². The molecule has 0 N–H and O–H groups in total. The number of nitrogens with zero attached hydrogens (tertiary/aromatic N) is 1. The average Bonchev–Trinajstić information content (AvgIpc) is 2.72. The van der Waals surface area contributed by atoms with Gasteiger partial charge in [0.15, 0.2) is 6.79 Å². The molecule has 1 atom stereocenters. The number of ether oxygens (including phenoxy) is 3. The number of hydrogen-bond acceptors (Lipinski definition) is 4. The van der Waals surface area contributed by atoms with Crippen LogP contribution in [0, 0.1) is 0 Å². The van der Waals surface area contributed by atoms with E-state index >= 15 is 0 Å². The van der Waals surface area contributed by atoms with E-state index in [1.807, 2.05) is 24.3 Å². The van der Waals surface area contributed by atoms with Crippen molar-refractivity contribution in [1.82, 2.24) is 4.90 Å². The van der Waals surface area contributed by atoms with Crippen LogP contribution in [-0.4, -0.2) is 45.5 Å². The lowest BCUT2D eigenvalue weighted by Crippen LogP contribution is -2.34. The van der Waals surface area contributed by atoms with Crippen molar-refractivity contribution in [3.8, 4) is 11.5 Å². The summed E-state index contributed by atoms with van der Waals surface area (Å²) < 4.78 is 16.5. The quantitative estimate of drug-likeness (QED) is 0.670. The van der Waals surface area contributed by atoms with Gasteiger partial charge in [0.1, 0.15) is 11.5 Å². The van der Waals surface area contributed by atoms with Gasteiger partial charge in [0.05, 0.1) is 7.11 Å². The van der Waals surface area contributed by atoms with Gasteiger partial charge in [0.2, 0.25) is 0 Å². The summed E-state index contributed by atoms with van der Waals surface area (Å²) in [6, 6.07) is 16.8. The Bertz CT molecular complexity index is 757. The molecule has 0 aromatic heterocycles. The van der Waals surface area contributed by atoms with Crippen molar-refractivity contribution in [3.05, 3.63) is 65.7 Å². The molecule has 0 saturated carbocycles. The monoisotopic (exact) mass is 367 g/mol. The standard InChI is InChI=1S/C23H29NO3/c1-24-14-8-7-11-19(24)15-21(18-9-5-4-6-10-18)22-16-20(26-3)12-13-23(22)27-17-25-2/h4-6,9-10,12-13,15-16,19H,7-8,11,14,17H2,1-3H3/b21-15+. The maximum Gasteiger partial charge on any atom is 0.188 e. The Morgan fingerprint density at radius 2 is 1.93 bits per heavy atom. The topological polar surface area (TPSA) is 30.9 Å². The van der Waals surface area contributed by atoms with Gasteiger partial charge in [-0.05, 0) is 55.8 Å². The Kier molecular flexibility index (Phi) is 6.91. The lowest BCUT2D eigenvalue weighted by molar-refractivity contribution is 0.0509. The second-order valence-electron chi connectivity index (χ2n) is 6.90. The van der Waals surface area contributed by atoms with E-state index in [9.17, 15) is 0 Å². The molecule has 144 valence electrons. The van der Waals surface area contributed by atoms with Crippen molar-refractivity contribution in [2.75, 3.05) is 34.6 Å². The molecule has 4 heteroatoms. The molecule has 2 aromatic rings. The van der Waals surface area contributed by atoms with Crippen LogP contribution in [0.5, 0.6) is 11.5 Å². The van der Waals surface area contributed by atoms with Crippen molar-refractivity contribution < 1.29 is 14.2 Å². The second kappa shape index (κ2) is 9.58. The van der Waals surface area contributed by atoms with Gasteiger partial charge in [-0.2, -0.15) is 0 Å². The minimum atomic E-state index is 0.213. The summed E-state index contributed by atoms with van der Waals surface area (Å²) >= 11 is 0. The van der Waals surface area contributed by atoms with E-state index in [2.05, 4.69) is 42.3 Å². The fraction of sp³-hybridized carbons (Fsp3) is 0.391. The SMILES string of the molecule is COCOc1ccc(OC)cc1/C(=C/C1CCCCN1C)c1ccccc1. The molecule has 2 aromatic carbocycles. The molecule has 4 nitrogen and oxygen atoms in total. The molecule has 0 amide bonds. The van der Waals surface area contributed by atoms with E-state index in [1.165, 1.54) is 30.4 Å². The third kappa shape index (κ3) is 4.90. The van der Waals surface area contributed by atoms with Crippen LogP contribution >= 0.6 is 0 Å². The molecule has 1 aliphatic heterocycles. The van der Waals surface area contributed by atoms with Crippen LogP contribution in [0.2, 0.25) is 0 Å². The maximum absolute atomic E-state index is 5.87. The van der Waals surface area contributed by atoms with E-state index in [1.54, 1.807) is 14.2 Å². The first-order valence-electron chi connectivity index (χ1n) is 9.50. The van der Waals surface area contributed by atoms with Crippen LogP contribution in [0.3, 0.4) is 0 Å². The number of likely N-dealkylation sites (N-methyl/N-ethyl adjacent to an activating group) is 1. The minimum absolute atomic E-state index is 0.213. The van der Waals surface area contributed by atoms with Gasteiger partial charge >= 0.3 is 0 Å². The molecule has 1 unspecified atom stereocenters. The summed E-state index contributed by atoms with van der Waals surface area (Å²) in [7, 11) is 5.53. The van der Waals surface area contributed by atoms with Crippen LogP contribution in [0.4, 0.5) is 0 Å². The summed E-state index contributed by atoms with van der Waals surface area (Å²) in [6.07, 6.45) is 6.08. The normalized spacial score (nSPS) is 18.3. The van der Waals surface area contributed by atoms with E-state index in [0.29, 0.717) is 6.04 Å². The van der Waals surface area contributed by atoms with Gasteiger partial charge in [-0.3, -0.25) is 4.90 Å². The fourth-order valence-electron chi connectivity index (χ4n) is 3.56. The molecular formula is C23H29NO3. The highest BCUT2D eigenvalue weighted by Gasteiger charge is 2.20.